The van der Waals surface area contributed by atoms with Crippen LogP contribution in [0.5, 0.6) is 0 Å². The second-order valence-corrected chi connectivity index (χ2v) is 3.26. The predicted octanol–water partition coefficient (Wildman–Crippen LogP) is -0.206. The number of epoxide rings is 1. The Labute approximate surface area is 81.9 Å². The minimum Gasteiger partial charge on any atom is -0.478 e. The van der Waals surface area contributed by atoms with Crippen molar-refractivity contribution in [2.45, 2.75) is 18.6 Å². The van der Waals surface area contributed by atoms with Crippen LogP contribution in [0.2, 0.25) is 0 Å². The molecule has 0 aromatic rings. The van der Waals surface area contributed by atoms with Crippen LogP contribution < -0.4 is 0 Å². The van der Waals surface area contributed by atoms with Gasteiger partial charge >= 0.3 is 5.97 Å². The summed E-state index contributed by atoms with van der Waals surface area (Å²) in [4.78, 5) is 10.4. The van der Waals surface area contributed by atoms with Gasteiger partial charge in [-0.05, 0) is 0 Å². The standard InChI is InChI=1S/C9H14O5/c1-6(9(11)12)2-7(10)3-13-4-8-5-14-8/h7-8,10H,1-5H2,(H,11,12). The summed E-state index contributed by atoms with van der Waals surface area (Å²) in [7, 11) is 0. The summed E-state index contributed by atoms with van der Waals surface area (Å²) in [6.45, 7) is 4.59. The number of carbonyl (C=O) groups is 1. The third-order valence-corrected chi connectivity index (χ3v) is 1.80. The van der Waals surface area contributed by atoms with E-state index < -0.39 is 12.1 Å². The lowest BCUT2D eigenvalue weighted by molar-refractivity contribution is -0.133. The van der Waals surface area contributed by atoms with Crippen molar-refractivity contribution >= 4 is 5.97 Å². The first kappa shape index (κ1) is 11.2. The average molecular weight is 202 g/mol. The summed E-state index contributed by atoms with van der Waals surface area (Å²) < 4.78 is 9.98. The first-order chi connectivity index (χ1) is 6.59. The molecule has 14 heavy (non-hydrogen) atoms. The van der Waals surface area contributed by atoms with Gasteiger partial charge in [0.05, 0.1) is 25.9 Å². The molecule has 1 heterocycles. The van der Waals surface area contributed by atoms with Gasteiger partial charge in [-0.25, -0.2) is 4.79 Å². The Kier molecular flexibility index (Phi) is 4.06. The highest BCUT2D eigenvalue weighted by atomic mass is 16.6. The van der Waals surface area contributed by atoms with Gasteiger partial charge in [0, 0.05) is 12.0 Å². The molecule has 1 fully saturated rings. The highest BCUT2D eigenvalue weighted by molar-refractivity contribution is 5.85. The van der Waals surface area contributed by atoms with Crippen LogP contribution in [0.15, 0.2) is 12.2 Å². The molecule has 0 aromatic heterocycles. The maximum Gasteiger partial charge on any atom is 0.331 e. The van der Waals surface area contributed by atoms with Gasteiger partial charge < -0.3 is 19.7 Å². The molecule has 1 aliphatic heterocycles. The molecule has 2 atom stereocenters. The van der Waals surface area contributed by atoms with Gasteiger partial charge in [0.2, 0.25) is 0 Å². The maximum absolute atomic E-state index is 10.4. The molecular weight excluding hydrogens is 188 g/mol. The van der Waals surface area contributed by atoms with Crippen molar-refractivity contribution in [2.24, 2.45) is 0 Å². The fourth-order valence-corrected chi connectivity index (χ4v) is 0.930. The summed E-state index contributed by atoms with van der Waals surface area (Å²) in [5, 5.41) is 17.8. The molecule has 1 aliphatic rings. The molecule has 0 spiro atoms. The third kappa shape index (κ3) is 4.36. The number of aliphatic hydroxyl groups excluding tert-OH is 1. The normalized spacial score (nSPS) is 21.6. The van der Waals surface area contributed by atoms with E-state index in [0.717, 1.165) is 0 Å². The Bertz CT molecular complexity index is 221. The average Bonchev–Trinajstić information content (AvgIpc) is 2.87. The largest absolute Gasteiger partial charge is 0.478 e. The van der Waals surface area contributed by atoms with Crippen LogP contribution in [0.25, 0.3) is 0 Å². The number of hydrogen-bond donors (Lipinski definition) is 2. The monoisotopic (exact) mass is 202 g/mol. The fraction of sp³-hybridized carbons (Fsp3) is 0.667. The Morgan fingerprint density at radius 3 is 2.86 bits per heavy atom. The lowest BCUT2D eigenvalue weighted by Crippen LogP contribution is -2.19. The van der Waals surface area contributed by atoms with E-state index in [0.29, 0.717) is 13.2 Å². The zero-order valence-electron chi connectivity index (χ0n) is 7.81. The molecule has 5 heteroatoms. The van der Waals surface area contributed by atoms with Gasteiger partial charge in [0.1, 0.15) is 6.10 Å². The zero-order valence-corrected chi connectivity index (χ0v) is 7.81. The summed E-state index contributed by atoms with van der Waals surface area (Å²) in [5.74, 6) is -1.09. The zero-order chi connectivity index (χ0) is 10.6. The van der Waals surface area contributed by atoms with E-state index in [4.69, 9.17) is 14.6 Å². The number of aliphatic hydroxyl groups is 1. The van der Waals surface area contributed by atoms with Crippen LogP contribution in [-0.2, 0) is 14.3 Å². The van der Waals surface area contributed by atoms with Crippen molar-refractivity contribution in [3.63, 3.8) is 0 Å². The molecule has 0 aromatic carbocycles. The van der Waals surface area contributed by atoms with E-state index >= 15 is 0 Å². The lowest BCUT2D eigenvalue weighted by atomic mass is 10.1. The van der Waals surface area contributed by atoms with Crippen LogP contribution in [0.3, 0.4) is 0 Å². The van der Waals surface area contributed by atoms with Crippen LogP contribution in [-0.4, -0.2) is 48.2 Å². The predicted molar refractivity (Wildman–Crippen MR) is 48.0 cm³/mol. The van der Waals surface area contributed by atoms with Crippen LogP contribution in [0.1, 0.15) is 6.42 Å². The first-order valence-corrected chi connectivity index (χ1v) is 4.38. The summed E-state index contributed by atoms with van der Waals surface area (Å²) >= 11 is 0. The SMILES string of the molecule is C=C(CC(O)COCC1CO1)C(=O)O. The number of ether oxygens (including phenoxy) is 2. The number of hydrogen-bond acceptors (Lipinski definition) is 4. The maximum atomic E-state index is 10.4. The Morgan fingerprint density at radius 2 is 2.36 bits per heavy atom. The molecule has 1 rings (SSSR count). The molecule has 80 valence electrons. The van der Waals surface area contributed by atoms with Crippen molar-refractivity contribution in [3.8, 4) is 0 Å². The van der Waals surface area contributed by atoms with Gasteiger partial charge in [-0.3, -0.25) is 0 Å². The van der Waals surface area contributed by atoms with Crippen molar-refractivity contribution < 1.29 is 24.5 Å². The van der Waals surface area contributed by atoms with E-state index in [-0.39, 0.29) is 24.7 Å². The minimum atomic E-state index is -1.09. The number of carboxylic acid groups (broad SMARTS) is 1. The van der Waals surface area contributed by atoms with E-state index in [9.17, 15) is 9.90 Å². The van der Waals surface area contributed by atoms with Crippen molar-refractivity contribution in [3.05, 3.63) is 12.2 Å². The van der Waals surface area contributed by atoms with E-state index in [1.807, 2.05) is 0 Å². The van der Waals surface area contributed by atoms with Gasteiger partial charge in [0.25, 0.3) is 0 Å². The Morgan fingerprint density at radius 1 is 1.71 bits per heavy atom. The topological polar surface area (TPSA) is 79.3 Å². The molecule has 0 aliphatic carbocycles. The van der Waals surface area contributed by atoms with Gasteiger partial charge in [0.15, 0.2) is 0 Å². The molecule has 1 saturated heterocycles. The molecule has 2 N–H and O–H groups in total. The van der Waals surface area contributed by atoms with Crippen LogP contribution >= 0.6 is 0 Å². The number of aliphatic carboxylic acids is 1. The van der Waals surface area contributed by atoms with Gasteiger partial charge in [-0.15, -0.1) is 0 Å². The molecular formula is C9H14O5. The number of carboxylic acids is 1. The first-order valence-electron chi connectivity index (χ1n) is 4.38. The molecule has 0 bridgehead atoms. The molecule has 0 saturated carbocycles. The highest BCUT2D eigenvalue weighted by Gasteiger charge is 2.22. The van der Waals surface area contributed by atoms with E-state index in [1.165, 1.54) is 0 Å². The fourth-order valence-electron chi connectivity index (χ4n) is 0.930. The molecule has 5 nitrogen and oxygen atoms in total. The van der Waals surface area contributed by atoms with Crippen LogP contribution in [0.4, 0.5) is 0 Å². The third-order valence-electron chi connectivity index (χ3n) is 1.80. The summed E-state index contributed by atoms with van der Waals surface area (Å²) in [5.41, 5.74) is -0.0104. The molecule has 0 amide bonds. The van der Waals surface area contributed by atoms with Gasteiger partial charge in [-0.1, -0.05) is 6.58 Å². The summed E-state index contributed by atoms with van der Waals surface area (Å²) in [6, 6.07) is 0. The lowest BCUT2D eigenvalue weighted by Gasteiger charge is -2.10. The van der Waals surface area contributed by atoms with Crippen molar-refractivity contribution in [1.82, 2.24) is 0 Å². The molecule has 0 radical (unpaired) electrons. The van der Waals surface area contributed by atoms with Crippen LogP contribution in [0, 0.1) is 0 Å². The highest BCUT2D eigenvalue weighted by Crippen LogP contribution is 2.09. The Hall–Kier alpha value is -0.910. The van der Waals surface area contributed by atoms with E-state index in [1.54, 1.807) is 0 Å². The summed E-state index contributed by atoms with van der Waals surface area (Å²) in [6.07, 6.45) is -0.622. The Balaban J connectivity index is 2.04. The van der Waals surface area contributed by atoms with Crippen molar-refractivity contribution in [1.29, 1.82) is 0 Å². The van der Waals surface area contributed by atoms with Gasteiger partial charge in [-0.2, -0.15) is 0 Å². The number of rotatable bonds is 7. The second kappa shape index (κ2) is 5.09. The van der Waals surface area contributed by atoms with E-state index in [2.05, 4.69) is 6.58 Å². The molecule has 2 unspecified atom stereocenters. The quantitative estimate of drug-likeness (QED) is 0.441. The smallest absolute Gasteiger partial charge is 0.331 e. The second-order valence-electron chi connectivity index (χ2n) is 3.26. The van der Waals surface area contributed by atoms with Crippen molar-refractivity contribution in [2.75, 3.05) is 19.8 Å². The minimum absolute atomic E-state index is 0.0104.